The second-order valence-electron chi connectivity index (χ2n) is 6.13. The van der Waals surface area contributed by atoms with Gasteiger partial charge in [-0.3, -0.25) is 0 Å². The molecule has 0 fully saturated rings. The molecule has 0 aliphatic heterocycles. The van der Waals surface area contributed by atoms with Crippen molar-refractivity contribution in [1.82, 2.24) is 14.5 Å². The number of hydrogen-bond acceptors (Lipinski definition) is 7. The van der Waals surface area contributed by atoms with Crippen LogP contribution in [-0.2, 0) is 23.1 Å². The molecule has 0 aliphatic rings. The predicted molar refractivity (Wildman–Crippen MR) is 105 cm³/mol. The molecule has 150 valence electrons. The van der Waals surface area contributed by atoms with Gasteiger partial charge in [0.15, 0.2) is 15.7 Å². The topological polar surface area (TPSA) is 88.6 Å². The molecule has 0 aromatic carbocycles. The Morgan fingerprint density at radius 1 is 1.31 bits per heavy atom. The predicted octanol–water partition coefficient (Wildman–Crippen LogP) is 4.60. The average molecular weight is 456 g/mol. The van der Waals surface area contributed by atoms with Crippen LogP contribution < -0.4 is 0 Å². The summed E-state index contributed by atoms with van der Waals surface area (Å²) in [5, 5.41) is 10.9. The molecule has 29 heavy (non-hydrogen) atoms. The molecule has 6 nitrogen and oxygen atoms in total. The number of nitriles is 1. The number of alkyl halides is 3. The van der Waals surface area contributed by atoms with Crippen molar-refractivity contribution in [3.05, 3.63) is 28.9 Å². The highest BCUT2D eigenvalue weighted by Gasteiger charge is 2.34. The SMILES string of the molecule is CCS(=O)(=O)c1c(-c2nc3cc(C(F)(F)F)ncc3n2C)sc2c(C#N)csc12. The van der Waals surface area contributed by atoms with Gasteiger partial charge in [-0.15, -0.1) is 22.7 Å². The first-order valence-electron chi connectivity index (χ1n) is 8.15. The summed E-state index contributed by atoms with van der Waals surface area (Å²) in [4.78, 5) is 8.10. The summed E-state index contributed by atoms with van der Waals surface area (Å²) in [6.45, 7) is 1.51. The number of rotatable bonds is 3. The Kier molecular flexibility index (Phi) is 4.45. The van der Waals surface area contributed by atoms with Crippen molar-refractivity contribution in [2.45, 2.75) is 18.0 Å². The highest BCUT2D eigenvalue weighted by molar-refractivity contribution is 7.92. The van der Waals surface area contributed by atoms with Gasteiger partial charge in [0.05, 0.1) is 42.8 Å². The second kappa shape index (κ2) is 6.51. The molecular formula is C17H11F3N4O2S3. The third-order valence-corrected chi connectivity index (χ3v) is 8.83. The van der Waals surface area contributed by atoms with Crippen LogP contribution in [0, 0.1) is 11.3 Å². The summed E-state index contributed by atoms with van der Waals surface area (Å²) in [5.74, 6) is 0.0560. The van der Waals surface area contributed by atoms with Crippen LogP contribution in [0.15, 0.2) is 22.5 Å². The Bertz CT molecular complexity index is 1420. The van der Waals surface area contributed by atoms with Crippen LogP contribution in [0.2, 0.25) is 0 Å². The average Bonchev–Trinajstić information content (AvgIpc) is 3.32. The van der Waals surface area contributed by atoms with Crippen molar-refractivity contribution in [3.63, 3.8) is 0 Å². The summed E-state index contributed by atoms with van der Waals surface area (Å²) >= 11 is 2.25. The van der Waals surface area contributed by atoms with Gasteiger partial charge in [0.25, 0.3) is 0 Å². The van der Waals surface area contributed by atoms with E-state index in [2.05, 4.69) is 9.97 Å². The van der Waals surface area contributed by atoms with E-state index in [1.807, 2.05) is 6.07 Å². The smallest absolute Gasteiger partial charge is 0.325 e. The summed E-state index contributed by atoms with van der Waals surface area (Å²) in [6, 6.07) is 2.88. The lowest BCUT2D eigenvalue weighted by molar-refractivity contribution is -0.141. The molecule has 4 rings (SSSR count). The summed E-state index contributed by atoms with van der Waals surface area (Å²) in [6.07, 6.45) is -3.55. The van der Waals surface area contributed by atoms with Crippen LogP contribution in [0.3, 0.4) is 0 Å². The number of imidazole rings is 1. The maximum atomic E-state index is 13.0. The minimum atomic E-state index is -4.62. The van der Waals surface area contributed by atoms with Crippen LogP contribution in [0.4, 0.5) is 13.2 Å². The molecule has 0 unspecified atom stereocenters. The molecule has 0 bridgehead atoms. The molecule has 0 radical (unpaired) electrons. The van der Waals surface area contributed by atoms with Crippen LogP contribution in [0.25, 0.3) is 31.1 Å². The Hall–Kier alpha value is -2.49. The molecule has 4 heterocycles. The van der Waals surface area contributed by atoms with E-state index in [9.17, 15) is 26.9 Å². The van der Waals surface area contributed by atoms with Gasteiger partial charge in [0.2, 0.25) is 0 Å². The molecule has 4 aromatic heterocycles. The lowest BCUT2D eigenvalue weighted by atomic mass is 10.3. The molecule has 12 heteroatoms. The number of thiophene rings is 2. The first-order chi connectivity index (χ1) is 13.6. The number of fused-ring (bicyclic) bond motifs is 2. The fourth-order valence-electron chi connectivity index (χ4n) is 2.95. The molecule has 0 saturated carbocycles. The van der Waals surface area contributed by atoms with E-state index >= 15 is 0 Å². The van der Waals surface area contributed by atoms with Crippen molar-refractivity contribution < 1.29 is 21.6 Å². The van der Waals surface area contributed by atoms with Gasteiger partial charge in [-0.1, -0.05) is 6.92 Å². The van der Waals surface area contributed by atoms with E-state index in [4.69, 9.17) is 0 Å². The van der Waals surface area contributed by atoms with Crippen LogP contribution in [-0.4, -0.2) is 28.7 Å². The fraction of sp³-hybridized carbons (Fsp3) is 0.235. The first-order valence-corrected chi connectivity index (χ1v) is 11.5. The van der Waals surface area contributed by atoms with Crippen molar-refractivity contribution >= 4 is 52.9 Å². The third-order valence-electron chi connectivity index (χ3n) is 4.43. The Morgan fingerprint density at radius 2 is 2.03 bits per heavy atom. The first kappa shape index (κ1) is 19.8. The largest absolute Gasteiger partial charge is 0.433 e. The van der Waals surface area contributed by atoms with Gasteiger partial charge >= 0.3 is 6.18 Å². The molecule has 0 N–H and O–H groups in total. The van der Waals surface area contributed by atoms with Gasteiger partial charge in [0, 0.05) is 12.4 Å². The zero-order valence-electron chi connectivity index (χ0n) is 14.9. The molecule has 0 aliphatic carbocycles. The summed E-state index contributed by atoms with van der Waals surface area (Å²) in [5.41, 5.74) is -0.324. The Labute approximate surface area is 170 Å². The molecule has 0 amide bonds. The van der Waals surface area contributed by atoms with Crippen molar-refractivity contribution in [2.24, 2.45) is 7.05 Å². The molecule has 0 saturated heterocycles. The number of pyridine rings is 1. The van der Waals surface area contributed by atoms with Gasteiger partial charge < -0.3 is 4.57 Å². The fourth-order valence-corrected chi connectivity index (χ4v) is 7.42. The summed E-state index contributed by atoms with van der Waals surface area (Å²) < 4.78 is 67.1. The van der Waals surface area contributed by atoms with Gasteiger partial charge in [-0.05, 0) is 6.07 Å². The van der Waals surface area contributed by atoms with E-state index in [-0.39, 0.29) is 22.0 Å². The van der Waals surface area contributed by atoms with Crippen LogP contribution >= 0.6 is 22.7 Å². The van der Waals surface area contributed by atoms with Gasteiger partial charge in [-0.2, -0.15) is 18.4 Å². The molecule has 0 spiro atoms. The standard InChI is InChI=1S/C17H11F3N4O2S3/c1-3-29(25,26)15-13-12(8(5-21)7-27-13)28-14(15)16-23-9-4-11(17(18,19)20)22-6-10(9)24(16)2/h4,6-7H,3H2,1-2H3. The minimum absolute atomic E-state index is 0.0573. The van der Waals surface area contributed by atoms with Crippen LogP contribution in [0.5, 0.6) is 0 Å². The van der Waals surface area contributed by atoms with Crippen molar-refractivity contribution in [3.8, 4) is 16.8 Å². The van der Waals surface area contributed by atoms with Crippen LogP contribution in [0.1, 0.15) is 18.2 Å². The number of aryl methyl sites for hydroxylation is 1. The lowest BCUT2D eigenvalue weighted by Crippen LogP contribution is -2.07. The lowest BCUT2D eigenvalue weighted by Gasteiger charge is -2.05. The minimum Gasteiger partial charge on any atom is -0.325 e. The second-order valence-corrected chi connectivity index (χ2v) is 10.2. The maximum Gasteiger partial charge on any atom is 0.433 e. The van der Waals surface area contributed by atoms with E-state index in [0.29, 0.717) is 25.4 Å². The molecular weight excluding hydrogens is 445 g/mol. The van der Waals surface area contributed by atoms with E-state index in [1.165, 1.54) is 11.5 Å². The van der Waals surface area contributed by atoms with E-state index in [0.717, 1.165) is 34.9 Å². The highest BCUT2D eigenvalue weighted by atomic mass is 32.2. The highest BCUT2D eigenvalue weighted by Crippen LogP contribution is 2.46. The monoisotopic (exact) mass is 456 g/mol. The molecule has 0 atom stereocenters. The Morgan fingerprint density at radius 3 is 2.66 bits per heavy atom. The number of aromatic nitrogens is 3. The Balaban J connectivity index is 2.06. The van der Waals surface area contributed by atoms with Crippen molar-refractivity contribution in [1.29, 1.82) is 5.26 Å². The number of sulfone groups is 1. The number of nitrogens with zero attached hydrogens (tertiary/aromatic N) is 4. The van der Waals surface area contributed by atoms with Gasteiger partial charge in [-0.25, -0.2) is 18.4 Å². The third kappa shape index (κ3) is 3.00. The molecule has 4 aromatic rings. The van der Waals surface area contributed by atoms with E-state index in [1.54, 1.807) is 12.4 Å². The zero-order valence-corrected chi connectivity index (χ0v) is 17.4. The number of halogens is 3. The van der Waals surface area contributed by atoms with Gasteiger partial charge in [0.1, 0.15) is 16.7 Å². The van der Waals surface area contributed by atoms with E-state index < -0.39 is 21.7 Å². The quantitative estimate of drug-likeness (QED) is 0.450. The maximum absolute atomic E-state index is 13.0. The summed E-state index contributed by atoms with van der Waals surface area (Å²) in [7, 11) is -2.09. The van der Waals surface area contributed by atoms with Crippen molar-refractivity contribution in [2.75, 3.05) is 5.75 Å². The normalized spacial score (nSPS) is 12.7. The zero-order chi connectivity index (χ0) is 21.1. The number of hydrogen-bond donors (Lipinski definition) is 0.